The van der Waals surface area contributed by atoms with Gasteiger partial charge in [-0.2, -0.15) is 0 Å². The van der Waals surface area contributed by atoms with Crippen LogP contribution in [0.3, 0.4) is 0 Å². The third kappa shape index (κ3) is 3.33. The molecule has 0 aliphatic rings. The summed E-state index contributed by atoms with van der Waals surface area (Å²) in [6.45, 7) is 6.29. The van der Waals surface area contributed by atoms with Gasteiger partial charge >= 0.3 is 0 Å². The van der Waals surface area contributed by atoms with E-state index in [0.29, 0.717) is 5.75 Å². The van der Waals surface area contributed by atoms with E-state index in [1.807, 2.05) is 24.4 Å². The van der Waals surface area contributed by atoms with Crippen molar-refractivity contribution >= 4 is 11.3 Å². The molecule has 2 aromatic rings. The highest BCUT2D eigenvalue weighted by Crippen LogP contribution is 2.29. The average Bonchev–Trinajstić information content (AvgIpc) is 2.83. The van der Waals surface area contributed by atoms with Crippen LogP contribution in [0.2, 0.25) is 0 Å². The largest absolute Gasteiger partial charge is 0.508 e. The Labute approximate surface area is 118 Å². The maximum absolute atomic E-state index is 9.95. The van der Waals surface area contributed by atoms with Crippen LogP contribution in [0.15, 0.2) is 30.5 Å². The van der Waals surface area contributed by atoms with Gasteiger partial charge in [0.1, 0.15) is 10.8 Å². The van der Waals surface area contributed by atoms with Gasteiger partial charge in [-0.05, 0) is 26.3 Å². The number of benzene rings is 1. The smallest absolute Gasteiger partial charge is 0.120 e. The van der Waals surface area contributed by atoms with Crippen LogP contribution in [0.1, 0.15) is 47.8 Å². The lowest BCUT2D eigenvalue weighted by Gasteiger charge is -2.22. The van der Waals surface area contributed by atoms with Crippen LogP contribution in [-0.2, 0) is 0 Å². The van der Waals surface area contributed by atoms with Gasteiger partial charge in [0.05, 0.1) is 6.04 Å². The van der Waals surface area contributed by atoms with E-state index in [9.17, 15) is 5.11 Å². The van der Waals surface area contributed by atoms with E-state index >= 15 is 0 Å². The number of para-hydroxylation sites is 1. The molecule has 1 aromatic carbocycles. The summed E-state index contributed by atoms with van der Waals surface area (Å²) in [5.74, 6) is 0.351. The summed E-state index contributed by atoms with van der Waals surface area (Å²) in [5.41, 5.74) is 0.949. The highest BCUT2D eigenvalue weighted by Gasteiger charge is 2.17. The second-order valence-corrected chi connectivity index (χ2v) is 5.98. The first-order valence-corrected chi connectivity index (χ1v) is 7.39. The molecular weight excluding hydrogens is 256 g/mol. The molecule has 2 N–H and O–H groups in total. The molecule has 19 heavy (non-hydrogen) atoms. The summed E-state index contributed by atoms with van der Waals surface area (Å²) in [6, 6.07) is 7.83. The summed E-state index contributed by atoms with van der Waals surface area (Å²) in [7, 11) is 0. The maximum atomic E-state index is 9.95. The van der Waals surface area contributed by atoms with Crippen molar-refractivity contribution in [2.45, 2.75) is 39.3 Å². The molecule has 102 valence electrons. The molecule has 0 saturated heterocycles. The van der Waals surface area contributed by atoms with Crippen LogP contribution in [0.25, 0.3) is 0 Å². The Morgan fingerprint density at radius 3 is 2.68 bits per heavy atom. The zero-order valence-corrected chi connectivity index (χ0v) is 12.4. The number of aromatic hydroxyl groups is 1. The van der Waals surface area contributed by atoms with Crippen LogP contribution in [-0.4, -0.2) is 10.1 Å². The van der Waals surface area contributed by atoms with Gasteiger partial charge in [0.15, 0.2) is 0 Å². The molecule has 0 aliphatic carbocycles. The third-order valence-electron chi connectivity index (χ3n) is 3.18. The topological polar surface area (TPSA) is 45.2 Å². The number of nitrogens with zero attached hydrogens (tertiary/aromatic N) is 1. The van der Waals surface area contributed by atoms with Crippen LogP contribution < -0.4 is 5.32 Å². The zero-order valence-electron chi connectivity index (χ0n) is 11.6. The number of phenols is 1. The van der Waals surface area contributed by atoms with Gasteiger partial charge in [0, 0.05) is 22.7 Å². The lowest BCUT2D eigenvalue weighted by Crippen LogP contribution is -2.24. The van der Waals surface area contributed by atoms with Gasteiger partial charge < -0.3 is 10.4 Å². The van der Waals surface area contributed by atoms with Crippen LogP contribution in [0.5, 0.6) is 5.75 Å². The highest BCUT2D eigenvalue weighted by molar-refractivity contribution is 7.11. The number of rotatable bonds is 5. The Hall–Kier alpha value is -1.39. The van der Waals surface area contributed by atoms with Crippen molar-refractivity contribution in [2.24, 2.45) is 0 Å². The number of hydrogen-bond donors (Lipinski definition) is 2. The lowest BCUT2D eigenvalue weighted by molar-refractivity contribution is 0.419. The first-order valence-electron chi connectivity index (χ1n) is 6.58. The number of hydrogen-bond acceptors (Lipinski definition) is 4. The number of thiazole rings is 1. The molecule has 0 aliphatic heterocycles. The molecule has 2 rings (SSSR count). The number of nitrogens with one attached hydrogen (secondary N) is 1. The van der Waals surface area contributed by atoms with Gasteiger partial charge in [0.25, 0.3) is 0 Å². The molecule has 0 fully saturated rings. The van der Waals surface area contributed by atoms with Crippen molar-refractivity contribution in [3.63, 3.8) is 0 Å². The SMILES string of the molecule is CCC(NC(C)c1ncc(C)s1)c1ccccc1O. The first-order chi connectivity index (χ1) is 9.11. The Bertz CT molecular complexity index is 538. The second kappa shape index (κ2) is 6.17. The molecule has 0 radical (unpaired) electrons. The molecule has 0 bridgehead atoms. The van der Waals surface area contributed by atoms with E-state index in [1.165, 1.54) is 4.88 Å². The Kier molecular flexibility index (Phi) is 4.56. The summed E-state index contributed by atoms with van der Waals surface area (Å²) in [6.07, 6.45) is 2.82. The third-order valence-corrected chi connectivity index (χ3v) is 4.28. The van der Waals surface area contributed by atoms with Crippen molar-refractivity contribution in [3.8, 4) is 5.75 Å². The van der Waals surface area contributed by atoms with Gasteiger partial charge in [-0.15, -0.1) is 11.3 Å². The molecule has 4 heteroatoms. The summed E-state index contributed by atoms with van der Waals surface area (Å²) in [5, 5.41) is 14.6. The quantitative estimate of drug-likeness (QED) is 0.869. The van der Waals surface area contributed by atoms with Crippen LogP contribution >= 0.6 is 11.3 Å². The number of aryl methyl sites for hydroxylation is 1. The number of aromatic nitrogens is 1. The van der Waals surface area contributed by atoms with E-state index in [4.69, 9.17) is 0 Å². The maximum Gasteiger partial charge on any atom is 0.120 e. The Morgan fingerprint density at radius 2 is 2.11 bits per heavy atom. The van der Waals surface area contributed by atoms with Gasteiger partial charge in [-0.1, -0.05) is 25.1 Å². The average molecular weight is 276 g/mol. The minimum Gasteiger partial charge on any atom is -0.508 e. The van der Waals surface area contributed by atoms with Gasteiger partial charge in [-0.25, -0.2) is 4.98 Å². The fraction of sp³-hybridized carbons (Fsp3) is 0.400. The predicted molar refractivity (Wildman–Crippen MR) is 79.5 cm³/mol. The Balaban J connectivity index is 2.13. The summed E-state index contributed by atoms with van der Waals surface area (Å²) in [4.78, 5) is 5.63. The van der Waals surface area contributed by atoms with Gasteiger partial charge in [-0.3, -0.25) is 0 Å². The van der Waals surface area contributed by atoms with Crippen molar-refractivity contribution in [3.05, 3.63) is 45.9 Å². The normalized spacial score (nSPS) is 14.3. The second-order valence-electron chi connectivity index (χ2n) is 4.72. The minimum atomic E-state index is 0.139. The highest BCUT2D eigenvalue weighted by atomic mass is 32.1. The predicted octanol–water partition coefficient (Wildman–Crippen LogP) is 3.96. The van der Waals surface area contributed by atoms with Crippen molar-refractivity contribution in [2.75, 3.05) is 0 Å². The molecular formula is C15H20N2OS. The van der Waals surface area contributed by atoms with E-state index in [2.05, 4.69) is 31.1 Å². The van der Waals surface area contributed by atoms with Crippen LogP contribution in [0.4, 0.5) is 0 Å². The first kappa shape index (κ1) is 14.0. The minimum absolute atomic E-state index is 0.139. The zero-order chi connectivity index (χ0) is 13.8. The van der Waals surface area contributed by atoms with Crippen molar-refractivity contribution in [1.82, 2.24) is 10.3 Å². The molecule has 0 saturated carbocycles. The molecule has 2 unspecified atom stereocenters. The van der Waals surface area contributed by atoms with Crippen molar-refractivity contribution in [1.29, 1.82) is 0 Å². The van der Waals surface area contributed by atoms with E-state index in [0.717, 1.165) is 17.0 Å². The Morgan fingerprint density at radius 1 is 1.37 bits per heavy atom. The summed E-state index contributed by atoms with van der Waals surface area (Å²) < 4.78 is 0. The summed E-state index contributed by atoms with van der Waals surface area (Å²) >= 11 is 1.71. The molecule has 0 spiro atoms. The monoisotopic (exact) mass is 276 g/mol. The molecule has 2 atom stereocenters. The molecule has 1 aromatic heterocycles. The fourth-order valence-corrected chi connectivity index (χ4v) is 2.94. The van der Waals surface area contributed by atoms with Crippen molar-refractivity contribution < 1.29 is 5.11 Å². The van der Waals surface area contributed by atoms with E-state index in [1.54, 1.807) is 17.4 Å². The molecule has 3 nitrogen and oxygen atoms in total. The number of phenolic OH excluding ortho intramolecular Hbond substituents is 1. The molecule has 1 heterocycles. The van der Waals surface area contributed by atoms with E-state index < -0.39 is 0 Å². The van der Waals surface area contributed by atoms with Gasteiger partial charge in [0.2, 0.25) is 0 Å². The standard InChI is InChI=1S/C15H20N2OS/c1-4-13(12-7-5-6-8-14(12)18)17-11(3)15-16-9-10(2)19-15/h5-9,11,13,17-18H,4H2,1-3H3. The van der Waals surface area contributed by atoms with E-state index in [-0.39, 0.29) is 12.1 Å². The lowest BCUT2D eigenvalue weighted by atomic mass is 10.0. The van der Waals surface area contributed by atoms with Crippen LogP contribution in [0, 0.1) is 6.92 Å². The fourth-order valence-electron chi connectivity index (χ4n) is 2.16. The molecule has 0 amide bonds.